The summed E-state index contributed by atoms with van der Waals surface area (Å²) in [5.74, 6) is 0. The van der Waals surface area contributed by atoms with Gasteiger partial charge in [0.25, 0.3) is 0 Å². The van der Waals surface area contributed by atoms with Crippen molar-refractivity contribution in [2.75, 3.05) is 19.7 Å². The third-order valence-electron chi connectivity index (χ3n) is 3.06. The van der Waals surface area contributed by atoms with E-state index in [9.17, 15) is 13.2 Å². The molecule has 1 heterocycles. The van der Waals surface area contributed by atoms with Crippen LogP contribution < -0.4 is 5.32 Å². The normalized spacial score (nSPS) is 23.8. The minimum atomic E-state index is -4.32. The van der Waals surface area contributed by atoms with Crippen LogP contribution in [0.4, 0.5) is 13.2 Å². The highest BCUT2D eigenvalue weighted by molar-refractivity contribution is 5.25. The number of benzene rings is 1. The molecule has 2 atom stereocenters. The van der Waals surface area contributed by atoms with Crippen molar-refractivity contribution < 1.29 is 22.6 Å². The number of hydrogen-bond donors (Lipinski definition) is 1. The van der Waals surface area contributed by atoms with Gasteiger partial charge in [0.05, 0.1) is 31.0 Å². The Bertz CT molecular complexity index is 437. The zero-order valence-corrected chi connectivity index (χ0v) is 11.2. The Morgan fingerprint density at radius 3 is 2.85 bits per heavy atom. The van der Waals surface area contributed by atoms with Crippen LogP contribution in [0, 0.1) is 0 Å². The molecule has 0 radical (unpaired) electrons. The summed E-state index contributed by atoms with van der Waals surface area (Å²) in [7, 11) is 0. The maximum atomic E-state index is 12.6. The third kappa shape index (κ3) is 4.47. The van der Waals surface area contributed by atoms with E-state index in [1.54, 1.807) is 6.07 Å². The quantitative estimate of drug-likeness (QED) is 0.924. The SMILES string of the molecule is CC1CNCC(COCc2cccc(C(F)(F)F)c2)O1. The van der Waals surface area contributed by atoms with E-state index in [1.807, 2.05) is 6.92 Å². The summed E-state index contributed by atoms with van der Waals surface area (Å²) < 4.78 is 48.7. The van der Waals surface area contributed by atoms with Gasteiger partial charge in [0.1, 0.15) is 0 Å². The van der Waals surface area contributed by atoms with Gasteiger partial charge in [0, 0.05) is 13.1 Å². The Morgan fingerprint density at radius 2 is 2.15 bits per heavy atom. The Labute approximate surface area is 116 Å². The van der Waals surface area contributed by atoms with E-state index >= 15 is 0 Å². The monoisotopic (exact) mass is 289 g/mol. The van der Waals surface area contributed by atoms with Crippen molar-refractivity contribution in [3.8, 4) is 0 Å². The molecule has 1 aromatic carbocycles. The maximum absolute atomic E-state index is 12.6. The van der Waals surface area contributed by atoms with Gasteiger partial charge in [-0.3, -0.25) is 0 Å². The van der Waals surface area contributed by atoms with Crippen LogP contribution in [0.15, 0.2) is 24.3 Å². The minimum absolute atomic E-state index is 0.0513. The van der Waals surface area contributed by atoms with E-state index in [0.29, 0.717) is 18.7 Å². The largest absolute Gasteiger partial charge is 0.416 e. The summed E-state index contributed by atoms with van der Waals surface area (Å²) >= 11 is 0. The molecule has 3 nitrogen and oxygen atoms in total. The van der Waals surface area contributed by atoms with Crippen LogP contribution in [0.25, 0.3) is 0 Å². The molecule has 2 rings (SSSR count). The molecule has 1 aromatic rings. The third-order valence-corrected chi connectivity index (χ3v) is 3.06. The van der Waals surface area contributed by atoms with Crippen LogP contribution in [0.5, 0.6) is 0 Å². The molecule has 1 N–H and O–H groups in total. The highest BCUT2D eigenvalue weighted by Crippen LogP contribution is 2.29. The molecule has 1 aliphatic rings. The lowest BCUT2D eigenvalue weighted by molar-refractivity contribution is -0.137. The lowest BCUT2D eigenvalue weighted by Gasteiger charge is -2.28. The lowest BCUT2D eigenvalue weighted by atomic mass is 10.1. The highest BCUT2D eigenvalue weighted by atomic mass is 19.4. The first-order valence-corrected chi connectivity index (χ1v) is 6.55. The van der Waals surface area contributed by atoms with Crippen LogP contribution in [0.2, 0.25) is 0 Å². The molecule has 0 amide bonds. The topological polar surface area (TPSA) is 30.5 Å². The molecule has 1 saturated heterocycles. The van der Waals surface area contributed by atoms with Gasteiger partial charge in [0.15, 0.2) is 0 Å². The molecule has 0 aliphatic carbocycles. The molecule has 1 aliphatic heterocycles. The number of alkyl halides is 3. The number of rotatable bonds is 4. The van der Waals surface area contributed by atoms with Crippen molar-refractivity contribution in [1.82, 2.24) is 5.32 Å². The standard InChI is InChI=1S/C14H18F3NO2/c1-10-6-18-7-13(20-10)9-19-8-11-3-2-4-12(5-11)14(15,16)17/h2-5,10,13,18H,6-9H2,1H3. The summed E-state index contributed by atoms with van der Waals surface area (Å²) in [6.07, 6.45) is -4.24. The van der Waals surface area contributed by atoms with E-state index in [-0.39, 0.29) is 18.8 Å². The van der Waals surface area contributed by atoms with Crippen molar-refractivity contribution in [1.29, 1.82) is 0 Å². The fourth-order valence-electron chi connectivity index (χ4n) is 2.12. The van der Waals surface area contributed by atoms with Crippen LogP contribution in [-0.2, 0) is 22.3 Å². The fourth-order valence-corrected chi connectivity index (χ4v) is 2.12. The van der Waals surface area contributed by atoms with Crippen molar-refractivity contribution in [2.24, 2.45) is 0 Å². The number of hydrogen-bond acceptors (Lipinski definition) is 3. The maximum Gasteiger partial charge on any atom is 0.416 e. The number of nitrogens with one attached hydrogen (secondary N) is 1. The van der Waals surface area contributed by atoms with Gasteiger partial charge in [-0.05, 0) is 24.6 Å². The molecule has 0 saturated carbocycles. The van der Waals surface area contributed by atoms with Crippen molar-refractivity contribution in [3.05, 3.63) is 35.4 Å². The van der Waals surface area contributed by atoms with Gasteiger partial charge >= 0.3 is 6.18 Å². The van der Waals surface area contributed by atoms with Gasteiger partial charge in [-0.2, -0.15) is 13.2 Å². The Hall–Kier alpha value is -1.11. The lowest BCUT2D eigenvalue weighted by Crippen LogP contribution is -2.45. The highest BCUT2D eigenvalue weighted by Gasteiger charge is 2.30. The molecular weight excluding hydrogens is 271 g/mol. The summed E-state index contributed by atoms with van der Waals surface area (Å²) in [5.41, 5.74) is -0.139. The summed E-state index contributed by atoms with van der Waals surface area (Å²) in [6, 6.07) is 5.18. The van der Waals surface area contributed by atoms with E-state index in [1.165, 1.54) is 6.07 Å². The molecule has 1 fully saturated rings. The molecule has 0 bridgehead atoms. The van der Waals surface area contributed by atoms with Gasteiger partial charge in [0.2, 0.25) is 0 Å². The molecular formula is C14H18F3NO2. The smallest absolute Gasteiger partial charge is 0.374 e. The molecule has 0 spiro atoms. The summed E-state index contributed by atoms with van der Waals surface area (Å²) in [6.45, 7) is 3.99. The van der Waals surface area contributed by atoms with Crippen LogP contribution >= 0.6 is 0 Å². The zero-order valence-electron chi connectivity index (χ0n) is 11.2. The van der Waals surface area contributed by atoms with Crippen LogP contribution in [-0.4, -0.2) is 31.9 Å². The fraction of sp³-hybridized carbons (Fsp3) is 0.571. The first kappa shape index (κ1) is 15.3. The van der Waals surface area contributed by atoms with Gasteiger partial charge in [-0.15, -0.1) is 0 Å². The second-order valence-corrected chi connectivity index (χ2v) is 4.94. The van der Waals surface area contributed by atoms with Gasteiger partial charge in [-0.25, -0.2) is 0 Å². The number of morpholine rings is 1. The molecule has 112 valence electrons. The van der Waals surface area contributed by atoms with Gasteiger partial charge < -0.3 is 14.8 Å². The predicted octanol–water partition coefficient (Wildman–Crippen LogP) is 2.60. The first-order valence-electron chi connectivity index (χ1n) is 6.55. The van der Waals surface area contributed by atoms with Crippen LogP contribution in [0.1, 0.15) is 18.1 Å². The molecule has 6 heteroatoms. The Kier molecular flexibility index (Phi) is 5.01. The van der Waals surface area contributed by atoms with E-state index in [4.69, 9.17) is 9.47 Å². The van der Waals surface area contributed by atoms with Crippen molar-refractivity contribution >= 4 is 0 Å². The average molecular weight is 289 g/mol. The summed E-state index contributed by atoms with van der Waals surface area (Å²) in [5, 5.41) is 3.21. The second kappa shape index (κ2) is 6.56. The van der Waals surface area contributed by atoms with Crippen molar-refractivity contribution in [3.63, 3.8) is 0 Å². The Balaban J connectivity index is 1.82. The summed E-state index contributed by atoms with van der Waals surface area (Å²) in [4.78, 5) is 0. The average Bonchev–Trinajstić information content (AvgIpc) is 2.38. The second-order valence-electron chi connectivity index (χ2n) is 4.94. The van der Waals surface area contributed by atoms with E-state index in [2.05, 4.69) is 5.32 Å². The van der Waals surface area contributed by atoms with Gasteiger partial charge in [-0.1, -0.05) is 12.1 Å². The zero-order chi connectivity index (χ0) is 14.6. The van der Waals surface area contributed by atoms with Crippen molar-refractivity contribution in [2.45, 2.75) is 31.9 Å². The number of ether oxygens (including phenoxy) is 2. The Morgan fingerprint density at radius 1 is 1.35 bits per heavy atom. The van der Waals surface area contributed by atoms with Crippen LogP contribution in [0.3, 0.4) is 0 Å². The molecule has 2 unspecified atom stereocenters. The predicted molar refractivity (Wildman–Crippen MR) is 68.3 cm³/mol. The first-order chi connectivity index (χ1) is 9.45. The number of halogens is 3. The molecule has 0 aromatic heterocycles. The van der Waals surface area contributed by atoms with E-state index in [0.717, 1.165) is 18.7 Å². The van der Waals surface area contributed by atoms with E-state index < -0.39 is 11.7 Å². The molecule has 20 heavy (non-hydrogen) atoms. The minimum Gasteiger partial charge on any atom is -0.374 e.